The van der Waals surface area contributed by atoms with Gasteiger partial charge in [0.2, 0.25) is 5.95 Å². The second kappa shape index (κ2) is 7.33. The molecule has 0 aliphatic carbocycles. The third-order valence-corrected chi connectivity index (χ3v) is 2.70. The van der Waals surface area contributed by atoms with Crippen molar-refractivity contribution in [1.82, 2.24) is 9.97 Å². The molecule has 0 bridgehead atoms. The highest BCUT2D eigenvalue weighted by Crippen LogP contribution is 2.23. The standard InChI is InChI=1S/C12H21ClN4/c1-4-7-14-12-15-9-10(13)11(16-12)17(6-3)8-5-2/h9H,4-8H2,1-3H3,(H,14,15,16). The molecule has 1 aromatic heterocycles. The highest BCUT2D eigenvalue weighted by atomic mass is 35.5. The third-order valence-electron chi connectivity index (χ3n) is 2.43. The van der Waals surface area contributed by atoms with Crippen LogP contribution in [0, 0.1) is 0 Å². The fourth-order valence-electron chi connectivity index (χ4n) is 1.59. The molecule has 5 heteroatoms. The number of nitrogens with zero attached hydrogens (tertiary/aromatic N) is 3. The summed E-state index contributed by atoms with van der Waals surface area (Å²) in [5, 5.41) is 3.79. The van der Waals surface area contributed by atoms with Crippen molar-refractivity contribution in [3.63, 3.8) is 0 Å². The van der Waals surface area contributed by atoms with Crippen LogP contribution in [0.1, 0.15) is 33.6 Å². The number of hydrogen-bond acceptors (Lipinski definition) is 4. The molecular formula is C12H21ClN4. The Balaban J connectivity index is 2.87. The first-order valence-corrected chi connectivity index (χ1v) is 6.62. The van der Waals surface area contributed by atoms with E-state index in [0.717, 1.165) is 38.3 Å². The normalized spacial score (nSPS) is 10.4. The van der Waals surface area contributed by atoms with Gasteiger partial charge in [0.25, 0.3) is 0 Å². The van der Waals surface area contributed by atoms with Crippen LogP contribution in [0.25, 0.3) is 0 Å². The maximum Gasteiger partial charge on any atom is 0.224 e. The van der Waals surface area contributed by atoms with Crippen LogP contribution < -0.4 is 10.2 Å². The Morgan fingerprint density at radius 3 is 2.65 bits per heavy atom. The van der Waals surface area contributed by atoms with Crippen LogP contribution in [0.2, 0.25) is 5.02 Å². The molecule has 0 aliphatic heterocycles. The first kappa shape index (κ1) is 14.0. The maximum absolute atomic E-state index is 6.15. The minimum absolute atomic E-state index is 0.613. The molecule has 0 atom stereocenters. The molecule has 0 unspecified atom stereocenters. The van der Waals surface area contributed by atoms with Crippen LogP contribution in [-0.2, 0) is 0 Å². The average molecular weight is 257 g/mol. The summed E-state index contributed by atoms with van der Waals surface area (Å²) >= 11 is 6.15. The molecule has 0 radical (unpaired) electrons. The highest BCUT2D eigenvalue weighted by molar-refractivity contribution is 6.32. The van der Waals surface area contributed by atoms with E-state index in [4.69, 9.17) is 11.6 Å². The molecule has 1 rings (SSSR count). The lowest BCUT2D eigenvalue weighted by atomic mass is 10.4. The fourth-order valence-corrected chi connectivity index (χ4v) is 1.80. The predicted molar refractivity (Wildman–Crippen MR) is 74.0 cm³/mol. The van der Waals surface area contributed by atoms with Gasteiger partial charge < -0.3 is 10.2 Å². The molecule has 1 heterocycles. The second-order valence-electron chi connectivity index (χ2n) is 3.87. The monoisotopic (exact) mass is 256 g/mol. The van der Waals surface area contributed by atoms with Crippen molar-refractivity contribution in [1.29, 1.82) is 0 Å². The van der Waals surface area contributed by atoms with Crippen LogP contribution in [0.3, 0.4) is 0 Å². The van der Waals surface area contributed by atoms with E-state index in [1.54, 1.807) is 6.20 Å². The number of anilines is 2. The molecule has 0 saturated heterocycles. The van der Waals surface area contributed by atoms with Gasteiger partial charge in [0.1, 0.15) is 5.02 Å². The summed E-state index contributed by atoms with van der Waals surface area (Å²) < 4.78 is 0. The van der Waals surface area contributed by atoms with E-state index in [9.17, 15) is 0 Å². The van der Waals surface area contributed by atoms with Crippen molar-refractivity contribution >= 4 is 23.4 Å². The lowest BCUT2D eigenvalue weighted by Crippen LogP contribution is -2.25. The number of aromatic nitrogens is 2. The molecular weight excluding hydrogens is 236 g/mol. The molecule has 0 amide bonds. The summed E-state index contributed by atoms with van der Waals surface area (Å²) in [4.78, 5) is 10.8. The molecule has 1 N–H and O–H groups in total. The lowest BCUT2D eigenvalue weighted by Gasteiger charge is -2.22. The number of nitrogens with one attached hydrogen (secondary N) is 1. The SMILES string of the molecule is CCCNc1ncc(Cl)c(N(CC)CCC)n1. The van der Waals surface area contributed by atoms with Gasteiger partial charge >= 0.3 is 0 Å². The van der Waals surface area contributed by atoms with Gasteiger partial charge in [-0.1, -0.05) is 25.4 Å². The summed E-state index contributed by atoms with van der Waals surface area (Å²) in [6, 6.07) is 0. The fraction of sp³-hybridized carbons (Fsp3) is 0.667. The van der Waals surface area contributed by atoms with Crippen LogP contribution in [0.5, 0.6) is 0 Å². The Labute approximate surface area is 108 Å². The van der Waals surface area contributed by atoms with Crippen molar-refractivity contribution in [2.75, 3.05) is 29.9 Å². The minimum atomic E-state index is 0.613. The summed E-state index contributed by atoms with van der Waals surface area (Å²) in [6.07, 6.45) is 3.79. The van der Waals surface area contributed by atoms with Crippen molar-refractivity contribution in [3.05, 3.63) is 11.2 Å². The maximum atomic E-state index is 6.15. The summed E-state index contributed by atoms with van der Waals surface area (Å²) in [5.41, 5.74) is 0. The van der Waals surface area contributed by atoms with Gasteiger partial charge in [-0.25, -0.2) is 4.98 Å². The Kier molecular flexibility index (Phi) is 6.05. The van der Waals surface area contributed by atoms with E-state index in [1.165, 1.54) is 0 Å². The summed E-state index contributed by atoms with van der Waals surface area (Å²) in [6.45, 7) is 9.10. The molecule has 0 saturated carbocycles. The van der Waals surface area contributed by atoms with Crippen LogP contribution in [0.15, 0.2) is 6.20 Å². The van der Waals surface area contributed by atoms with Gasteiger partial charge in [-0.05, 0) is 19.8 Å². The number of halogens is 1. The Morgan fingerprint density at radius 1 is 1.29 bits per heavy atom. The van der Waals surface area contributed by atoms with Gasteiger partial charge in [-0.2, -0.15) is 4.98 Å². The van der Waals surface area contributed by atoms with Gasteiger partial charge in [-0.3, -0.25) is 0 Å². The molecule has 0 fully saturated rings. The van der Waals surface area contributed by atoms with Crippen molar-refractivity contribution < 1.29 is 0 Å². The first-order chi connectivity index (χ1) is 8.22. The second-order valence-corrected chi connectivity index (χ2v) is 4.28. The molecule has 96 valence electrons. The summed E-state index contributed by atoms with van der Waals surface area (Å²) in [7, 11) is 0. The zero-order valence-corrected chi connectivity index (χ0v) is 11.6. The van der Waals surface area contributed by atoms with Gasteiger partial charge in [-0.15, -0.1) is 0 Å². The Morgan fingerprint density at radius 2 is 2.06 bits per heavy atom. The Hall–Kier alpha value is -1.03. The minimum Gasteiger partial charge on any atom is -0.356 e. The van der Waals surface area contributed by atoms with Crippen molar-refractivity contribution in [3.8, 4) is 0 Å². The zero-order chi connectivity index (χ0) is 12.7. The first-order valence-electron chi connectivity index (χ1n) is 6.24. The van der Waals surface area contributed by atoms with Gasteiger partial charge in [0.15, 0.2) is 5.82 Å². The zero-order valence-electron chi connectivity index (χ0n) is 10.8. The van der Waals surface area contributed by atoms with Crippen LogP contribution in [-0.4, -0.2) is 29.6 Å². The van der Waals surface area contributed by atoms with Crippen LogP contribution >= 0.6 is 11.6 Å². The van der Waals surface area contributed by atoms with Gasteiger partial charge in [0, 0.05) is 19.6 Å². The molecule has 0 spiro atoms. The average Bonchev–Trinajstić information content (AvgIpc) is 2.35. The number of hydrogen-bond donors (Lipinski definition) is 1. The van der Waals surface area contributed by atoms with Crippen LogP contribution in [0.4, 0.5) is 11.8 Å². The largest absolute Gasteiger partial charge is 0.356 e. The van der Waals surface area contributed by atoms with E-state index in [1.807, 2.05) is 0 Å². The van der Waals surface area contributed by atoms with E-state index >= 15 is 0 Å². The Bertz CT molecular complexity index is 343. The third kappa shape index (κ3) is 4.04. The molecule has 17 heavy (non-hydrogen) atoms. The van der Waals surface area contributed by atoms with Crippen molar-refractivity contribution in [2.24, 2.45) is 0 Å². The van der Waals surface area contributed by atoms with E-state index in [2.05, 4.69) is 41.0 Å². The number of rotatable bonds is 7. The van der Waals surface area contributed by atoms with E-state index in [0.29, 0.717) is 11.0 Å². The topological polar surface area (TPSA) is 41.1 Å². The molecule has 0 aliphatic rings. The summed E-state index contributed by atoms with van der Waals surface area (Å²) in [5.74, 6) is 1.48. The molecule has 0 aromatic carbocycles. The molecule has 4 nitrogen and oxygen atoms in total. The van der Waals surface area contributed by atoms with E-state index < -0.39 is 0 Å². The lowest BCUT2D eigenvalue weighted by molar-refractivity contribution is 0.776. The predicted octanol–water partition coefficient (Wildman–Crippen LogP) is 3.19. The quantitative estimate of drug-likeness (QED) is 0.814. The van der Waals surface area contributed by atoms with E-state index in [-0.39, 0.29) is 0 Å². The van der Waals surface area contributed by atoms with Crippen molar-refractivity contribution in [2.45, 2.75) is 33.6 Å². The highest BCUT2D eigenvalue weighted by Gasteiger charge is 2.11. The van der Waals surface area contributed by atoms with Gasteiger partial charge in [0.05, 0.1) is 6.20 Å². The molecule has 1 aromatic rings. The smallest absolute Gasteiger partial charge is 0.224 e.